The number of benzene rings is 2. The van der Waals surface area contributed by atoms with Gasteiger partial charge < -0.3 is 14.4 Å². The van der Waals surface area contributed by atoms with Crippen LogP contribution in [-0.4, -0.2) is 31.1 Å². The van der Waals surface area contributed by atoms with Gasteiger partial charge in [-0.2, -0.15) is 0 Å². The van der Waals surface area contributed by atoms with Crippen LogP contribution in [0.5, 0.6) is 11.5 Å². The molecule has 0 aromatic heterocycles. The molecule has 0 aliphatic carbocycles. The molecule has 0 bridgehead atoms. The third kappa shape index (κ3) is 2.77. The first-order valence-corrected chi connectivity index (χ1v) is 7.77. The average Bonchev–Trinajstić information content (AvgIpc) is 2.96. The Morgan fingerprint density at radius 1 is 1.04 bits per heavy atom. The number of hydrogen-bond donors (Lipinski definition) is 0. The van der Waals surface area contributed by atoms with Crippen LogP contribution < -0.4 is 14.4 Å². The second-order valence-electron chi connectivity index (χ2n) is 5.92. The molecule has 1 atom stereocenters. The van der Waals surface area contributed by atoms with E-state index < -0.39 is 9.85 Å². The van der Waals surface area contributed by atoms with Crippen LogP contribution in [0.3, 0.4) is 0 Å². The lowest BCUT2D eigenvalue weighted by Gasteiger charge is -2.23. The molecule has 1 aliphatic rings. The summed E-state index contributed by atoms with van der Waals surface area (Å²) in [6.45, 7) is 0. The molecule has 0 saturated heterocycles. The van der Waals surface area contributed by atoms with Gasteiger partial charge in [0.15, 0.2) is 11.5 Å². The van der Waals surface area contributed by atoms with Crippen molar-refractivity contribution in [1.29, 1.82) is 0 Å². The van der Waals surface area contributed by atoms with E-state index in [1.165, 1.54) is 20.3 Å². The van der Waals surface area contributed by atoms with Gasteiger partial charge in [-0.25, -0.2) is 0 Å². The lowest BCUT2D eigenvalue weighted by Crippen LogP contribution is -2.19. The maximum Gasteiger partial charge on any atom is 0.281 e. The number of rotatable bonds is 5. The van der Waals surface area contributed by atoms with Gasteiger partial charge in [0.05, 0.1) is 47.4 Å². The minimum absolute atomic E-state index is 0.203. The van der Waals surface area contributed by atoms with E-state index in [1.807, 2.05) is 17.0 Å². The molecule has 3 rings (SSSR count). The van der Waals surface area contributed by atoms with Crippen molar-refractivity contribution in [3.05, 3.63) is 61.7 Å². The van der Waals surface area contributed by atoms with Crippen molar-refractivity contribution >= 4 is 17.1 Å². The lowest BCUT2D eigenvalue weighted by molar-refractivity contribution is -0.394. The Morgan fingerprint density at radius 2 is 1.73 bits per heavy atom. The zero-order valence-corrected chi connectivity index (χ0v) is 14.5. The minimum Gasteiger partial charge on any atom is -0.493 e. The first-order valence-electron chi connectivity index (χ1n) is 7.77. The largest absolute Gasteiger partial charge is 0.493 e. The van der Waals surface area contributed by atoms with Crippen molar-refractivity contribution in [1.82, 2.24) is 0 Å². The Hall–Kier alpha value is -3.36. The van der Waals surface area contributed by atoms with Crippen LogP contribution in [0.2, 0.25) is 0 Å². The predicted octanol–water partition coefficient (Wildman–Crippen LogP) is 3.25. The SMILES string of the molecule is COc1ccc(C2Cc3c(cc([N+](=O)[O-])cc3[N+](=O)[O-])N2C)cc1OC. The molecule has 9 nitrogen and oxygen atoms in total. The first kappa shape index (κ1) is 17.5. The highest BCUT2D eigenvalue weighted by Gasteiger charge is 2.36. The van der Waals surface area contributed by atoms with E-state index in [1.54, 1.807) is 13.1 Å². The summed E-state index contributed by atoms with van der Waals surface area (Å²) in [6.07, 6.45) is 0.371. The quantitative estimate of drug-likeness (QED) is 0.595. The summed E-state index contributed by atoms with van der Waals surface area (Å²) in [4.78, 5) is 23.1. The molecule has 9 heteroatoms. The second-order valence-corrected chi connectivity index (χ2v) is 5.92. The summed E-state index contributed by atoms with van der Waals surface area (Å²) in [6, 6.07) is 7.63. The smallest absolute Gasteiger partial charge is 0.281 e. The van der Waals surface area contributed by atoms with Crippen molar-refractivity contribution in [3.63, 3.8) is 0 Å². The number of likely N-dealkylation sites (N-methyl/N-ethyl adjacent to an activating group) is 1. The van der Waals surface area contributed by atoms with Crippen LogP contribution in [-0.2, 0) is 6.42 Å². The number of ether oxygens (including phenoxy) is 2. The molecule has 26 heavy (non-hydrogen) atoms. The Bertz CT molecular complexity index is 898. The number of nitro groups is 2. The first-order chi connectivity index (χ1) is 12.4. The molecule has 1 unspecified atom stereocenters. The number of anilines is 1. The predicted molar refractivity (Wildman–Crippen MR) is 94.1 cm³/mol. The Kier molecular flexibility index (Phi) is 4.37. The number of non-ortho nitro benzene ring substituents is 1. The van der Waals surface area contributed by atoms with Crippen LogP contribution >= 0.6 is 0 Å². The summed E-state index contributed by atoms with van der Waals surface area (Å²) in [5, 5.41) is 22.5. The van der Waals surface area contributed by atoms with E-state index >= 15 is 0 Å². The fourth-order valence-electron chi connectivity index (χ4n) is 3.32. The Balaban J connectivity index is 2.07. The van der Waals surface area contributed by atoms with Crippen molar-refractivity contribution in [2.24, 2.45) is 0 Å². The van der Waals surface area contributed by atoms with E-state index in [9.17, 15) is 20.2 Å². The summed E-state index contributed by atoms with van der Waals surface area (Å²) >= 11 is 0. The number of nitrogens with zero attached hydrogens (tertiary/aromatic N) is 3. The highest BCUT2D eigenvalue weighted by Crippen LogP contribution is 2.46. The van der Waals surface area contributed by atoms with E-state index in [0.717, 1.165) is 11.6 Å². The van der Waals surface area contributed by atoms with Gasteiger partial charge in [-0.15, -0.1) is 0 Å². The van der Waals surface area contributed by atoms with E-state index in [0.29, 0.717) is 29.2 Å². The molecule has 0 saturated carbocycles. The second kappa shape index (κ2) is 6.51. The van der Waals surface area contributed by atoms with E-state index in [2.05, 4.69) is 0 Å². The molecule has 0 fully saturated rings. The van der Waals surface area contributed by atoms with E-state index in [-0.39, 0.29) is 17.4 Å². The average molecular weight is 359 g/mol. The van der Waals surface area contributed by atoms with Gasteiger partial charge in [-0.3, -0.25) is 20.2 Å². The number of nitro benzene ring substituents is 2. The highest BCUT2D eigenvalue weighted by molar-refractivity contribution is 5.71. The molecule has 0 radical (unpaired) electrons. The topological polar surface area (TPSA) is 108 Å². The summed E-state index contributed by atoms with van der Waals surface area (Å²) in [7, 11) is 4.83. The van der Waals surface area contributed by atoms with E-state index in [4.69, 9.17) is 9.47 Å². The summed E-state index contributed by atoms with van der Waals surface area (Å²) in [5.41, 5.74) is 1.33. The van der Waals surface area contributed by atoms with Crippen LogP contribution in [0.4, 0.5) is 17.1 Å². The minimum atomic E-state index is -0.620. The normalized spacial score (nSPS) is 15.5. The Morgan fingerprint density at radius 3 is 2.31 bits per heavy atom. The maximum absolute atomic E-state index is 11.4. The van der Waals surface area contributed by atoms with Gasteiger partial charge in [0, 0.05) is 19.5 Å². The Labute approximate surface area is 149 Å². The molecule has 2 aromatic carbocycles. The monoisotopic (exact) mass is 359 g/mol. The molecular weight excluding hydrogens is 342 g/mol. The standard InChI is InChI=1S/C17H17N3O6/c1-18-13(10-4-5-16(25-2)17(6-10)26-3)9-12-14(18)7-11(19(21)22)8-15(12)20(23)24/h4-8,13H,9H2,1-3H3. The van der Waals surface area contributed by atoms with Gasteiger partial charge in [0.2, 0.25) is 0 Å². The zero-order chi connectivity index (χ0) is 19.0. The van der Waals surface area contributed by atoms with Gasteiger partial charge in [0.1, 0.15) is 0 Å². The van der Waals surface area contributed by atoms with Gasteiger partial charge >= 0.3 is 0 Å². The third-order valence-corrected chi connectivity index (χ3v) is 4.63. The van der Waals surface area contributed by atoms with Crippen molar-refractivity contribution in [2.45, 2.75) is 12.5 Å². The number of hydrogen-bond acceptors (Lipinski definition) is 7. The molecule has 0 N–H and O–H groups in total. The fraction of sp³-hybridized carbons (Fsp3) is 0.294. The molecule has 0 spiro atoms. The molecule has 1 aliphatic heterocycles. The van der Waals surface area contributed by atoms with Gasteiger partial charge in [-0.05, 0) is 17.7 Å². The molecule has 2 aromatic rings. The number of fused-ring (bicyclic) bond motifs is 1. The highest BCUT2D eigenvalue weighted by atomic mass is 16.6. The fourth-order valence-corrected chi connectivity index (χ4v) is 3.32. The van der Waals surface area contributed by atoms with Crippen molar-refractivity contribution in [3.8, 4) is 11.5 Å². The van der Waals surface area contributed by atoms with Crippen molar-refractivity contribution in [2.75, 3.05) is 26.2 Å². The molecule has 1 heterocycles. The van der Waals surface area contributed by atoms with Crippen LogP contribution in [0, 0.1) is 20.2 Å². The van der Waals surface area contributed by atoms with Crippen LogP contribution in [0.1, 0.15) is 17.2 Å². The molecule has 0 amide bonds. The molecular formula is C17H17N3O6. The number of methoxy groups -OCH3 is 2. The summed E-state index contributed by atoms with van der Waals surface area (Å²) in [5.74, 6) is 1.13. The van der Waals surface area contributed by atoms with Gasteiger partial charge in [-0.1, -0.05) is 6.07 Å². The zero-order valence-electron chi connectivity index (χ0n) is 14.5. The maximum atomic E-state index is 11.4. The molecule has 136 valence electrons. The van der Waals surface area contributed by atoms with Crippen LogP contribution in [0.15, 0.2) is 30.3 Å². The van der Waals surface area contributed by atoms with Crippen LogP contribution in [0.25, 0.3) is 0 Å². The van der Waals surface area contributed by atoms with Gasteiger partial charge in [0.25, 0.3) is 11.4 Å². The van der Waals surface area contributed by atoms with Crippen molar-refractivity contribution < 1.29 is 19.3 Å². The lowest BCUT2D eigenvalue weighted by atomic mass is 10.0. The summed E-state index contributed by atoms with van der Waals surface area (Å²) < 4.78 is 10.6. The third-order valence-electron chi connectivity index (χ3n) is 4.63.